The van der Waals surface area contributed by atoms with Crippen molar-refractivity contribution in [3.8, 4) is 0 Å². The van der Waals surface area contributed by atoms with Crippen molar-refractivity contribution in [2.75, 3.05) is 19.0 Å². The summed E-state index contributed by atoms with van der Waals surface area (Å²) in [6.45, 7) is 0.0543. The molecule has 4 atom stereocenters. The Morgan fingerprint density at radius 1 is 1.45 bits per heavy atom. The summed E-state index contributed by atoms with van der Waals surface area (Å²) in [7, 11) is 1.80. The maximum Gasteiger partial charge on any atom is 0.165 e. The van der Waals surface area contributed by atoms with E-state index in [1.165, 1.54) is 6.33 Å². The second-order valence-electron chi connectivity index (χ2n) is 5.82. The van der Waals surface area contributed by atoms with E-state index in [1.54, 1.807) is 13.4 Å². The van der Waals surface area contributed by atoms with Gasteiger partial charge < -0.3 is 20.1 Å². The molecule has 2 aromatic heterocycles. The van der Waals surface area contributed by atoms with E-state index in [0.717, 1.165) is 17.6 Å². The quantitative estimate of drug-likeness (QED) is 0.739. The number of aromatic nitrogens is 4. The van der Waals surface area contributed by atoms with E-state index in [4.69, 9.17) is 0 Å². The minimum atomic E-state index is -0.439. The summed E-state index contributed by atoms with van der Waals surface area (Å²) >= 11 is 0. The number of aliphatic hydroxyl groups is 2. The SMILES string of the molecule is CNc1ncnc2c1ncn2C1CC(O)C2(CO)CC12. The predicted octanol–water partition coefficient (Wildman–Crippen LogP) is 0.172. The Kier molecular flexibility index (Phi) is 2.34. The fourth-order valence-corrected chi connectivity index (χ4v) is 3.75. The predicted molar refractivity (Wildman–Crippen MR) is 72.2 cm³/mol. The van der Waals surface area contributed by atoms with Crippen LogP contribution in [-0.4, -0.2) is 49.5 Å². The monoisotopic (exact) mass is 275 g/mol. The van der Waals surface area contributed by atoms with Gasteiger partial charge in [-0.25, -0.2) is 15.0 Å². The molecule has 4 unspecified atom stereocenters. The molecule has 0 aromatic carbocycles. The molecule has 20 heavy (non-hydrogen) atoms. The molecule has 2 fully saturated rings. The third kappa shape index (κ3) is 1.34. The van der Waals surface area contributed by atoms with Crippen LogP contribution in [0.3, 0.4) is 0 Å². The van der Waals surface area contributed by atoms with Crippen LogP contribution in [-0.2, 0) is 0 Å². The molecular weight excluding hydrogens is 258 g/mol. The summed E-state index contributed by atoms with van der Waals surface area (Å²) < 4.78 is 2.02. The molecule has 3 N–H and O–H groups in total. The van der Waals surface area contributed by atoms with Gasteiger partial charge >= 0.3 is 0 Å². The molecule has 2 heterocycles. The van der Waals surface area contributed by atoms with E-state index in [9.17, 15) is 10.2 Å². The molecule has 0 radical (unpaired) electrons. The average Bonchev–Trinajstić information content (AvgIpc) is 2.96. The van der Waals surface area contributed by atoms with Crippen LogP contribution in [0.4, 0.5) is 5.82 Å². The molecule has 0 amide bonds. The molecule has 2 aliphatic rings. The Bertz CT molecular complexity index is 672. The van der Waals surface area contributed by atoms with Gasteiger partial charge in [-0.15, -0.1) is 0 Å². The summed E-state index contributed by atoms with van der Waals surface area (Å²) in [5.74, 6) is 1.02. The van der Waals surface area contributed by atoms with E-state index >= 15 is 0 Å². The maximum absolute atomic E-state index is 10.2. The number of anilines is 1. The molecule has 2 aliphatic carbocycles. The smallest absolute Gasteiger partial charge is 0.165 e. The fraction of sp³-hybridized carbons (Fsp3) is 0.615. The Balaban J connectivity index is 1.78. The Morgan fingerprint density at radius 3 is 2.95 bits per heavy atom. The molecule has 0 spiro atoms. The van der Waals surface area contributed by atoms with Crippen LogP contribution >= 0.6 is 0 Å². The molecule has 7 heteroatoms. The first kappa shape index (κ1) is 12.0. The van der Waals surface area contributed by atoms with Gasteiger partial charge in [0.2, 0.25) is 0 Å². The molecule has 106 valence electrons. The Hall–Kier alpha value is -1.73. The van der Waals surface area contributed by atoms with Crippen LogP contribution < -0.4 is 5.32 Å². The van der Waals surface area contributed by atoms with Crippen molar-refractivity contribution in [3.63, 3.8) is 0 Å². The Morgan fingerprint density at radius 2 is 2.30 bits per heavy atom. The molecule has 2 aromatic rings. The number of hydrogen-bond donors (Lipinski definition) is 3. The van der Waals surface area contributed by atoms with Crippen molar-refractivity contribution in [2.24, 2.45) is 11.3 Å². The molecule has 0 saturated heterocycles. The standard InChI is InChI=1S/C13H17N5O2/c1-14-11-10-12(16-5-15-11)18(6-17-10)8-2-9(20)13(4-19)3-7(8)13/h5-9,19-20H,2-4H2,1H3,(H,14,15,16). The zero-order chi connectivity index (χ0) is 13.9. The highest BCUT2D eigenvalue weighted by molar-refractivity contribution is 5.82. The lowest BCUT2D eigenvalue weighted by Gasteiger charge is -2.16. The van der Waals surface area contributed by atoms with Gasteiger partial charge in [-0.2, -0.15) is 0 Å². The number of rotatable bonds is 3. The van der Waals surface area contributed by atoms with Crippen molar-refractivity contribution in [2.45, 2.75) is 25.0 Å². The van der Waals surface area contributed by atoms with Gasteiger partial charge in [0.15, 0.2) is 11.5 Å². The van der Waals surface area contributed by atoms with Gasteiger partial charge in [-0.05, 0) is 18.8 Å². The van der Waals surface area contributed by atoms with Crippen LogP contribution in [0.15, 0.2) is 12.7 Å². The number of aliphatic hydroxyl groups excluding tert-OH is 2. The second kappa shape index (κ2) is 3.89. The van der Waals surface area contributed by atoms with Crippen LogP contribution in [0, 0.1) is 11.3 Å². The number of nitrogens with one attached hydrogen (secondary N) is 1. The lowest BCUT2D eigenvalue weighted by Crippen LogP contribution is -2.22. The van der Waals surface area contributed by atoms with Gasteiger partial charge in [0.05, 0.1) is 19.0 Å². The normalized spacial score (nSPS) is 35.2. The van der Waals surface area contributed by atoms with Crippen LogP contribution in [0.5, 0.6) is 0 Å². The van der Waals surface area contributed by atoms with Gasteiger partial charge in [0, 0.05) is 18.5 Å². The van der Waals surface area contributed by atoms with Crippen LogP contribution in [0.25, 0.3) is 11.2 Å². The highest BCUT2D eigenvalue weighted by Gasteiger charge is 2.67. The minimum Gasteiger partial charge on any atom is -0.396 e. The van der Waals surface area contributed by atoms with Crippen molar-refractivity contribution in [3.05, 3.63) is 12.7 Å². The lowest BCUT2D eigenvalue weighted by molar-refractivity contribution is 0.0600. The average molecular weight is 275 g/mol. The first-order chi connectivity index (χ1) is 9.71. The van der Waals surface area contributed by atoms with Crippen molar-refractivity contribution < 1.29 is 10.2 Å². The summed E-state index contributed by atoms with van der Waals surface area (Å²) in [6.07, 6.45) is 4.37. The minimum absolute atomic E-state index is 0.0543. The third-order valence-corrected chi connectivity index (χ3v) is 5.02. The van der Waals surface area contributed by atoms with E-state index < -0.39 is 6.10 Å². The zero-order valence-corrected chi connectivity index (χ0v) is 11.2. The highest BCUT2D eigenvalue weighted by atomic mass is 16.3. The first-order valence-electron chi connectivity index (χ1n) is 6.85. The van der Waals surface area contributed by atoms with Gasteiger partial charge in [-0.3, -0.25) is 0 Å². The topological polar surface area (TPSA) is 96.1 Å². The molecule has 0 bridgehead atoms. The van der Waals surface area contributed by atoms with Gasteiger partial charge in [-0.1, -0.05) is 0 Å². The number of fused-ring (bicyclic) bond motifs is 2. The largest absolute Gasteiger partial charge is 0.396 e. The summed E-state index contributed by atoms with van der Waals surface area (Å²) in [6, 6.07) is 0.154. The Labute approximate surface area is 115 Å². The van der Waals surface area contributed by atoms with E-state index in [2.05, 4.69) is 20.3 Å². The van der Waals surface area contributed by atoms with E-state index in [0.29, 0.717) is 18.2 Å². The van der Waals surface area contributed by atoms with Crippen molar-refractivity contribution >= 4 is 17.0 Å². The summed E-state index contributed by atoms with van der Waals surface area (Å²) in [4.78, 5) is 12.9. The van der Waals surface area contributed by atoms with Gasteiger partial charge in [0.25, 0.3) is 0 Å². The number of nitrogens with zero attached hydrogens (tertiary/aromatic N) is 4. The zero-order valence-electron chi connectivity index (χ0n) is 11.2. The van der Waals surface area contributed by atoms with Gasteiger partial charge in [0.1, 0.15) is 11.8 Å². The van der Waals surface area contributed by atoms with Crippen molar-refractivity contribution in [1.82, 2.24) is 19.5 Å². The van der Waals surface area contributed by atoms with Crippen LogP contribution in [0.1, 0.15) is 18.9 Å². The number of hydrogen-bond acceptors (Lipinski definition) is 6. The second-order valence-corrected chi connectivity index (χ2v) is 5.82. The van der Waals surface area contributed by atoms with E-state index in [1.807, 2.05) is 4.57 Å². The third-order valence-electron chi connectivity index (χ3n) is 5.02. The van der Waals surface area contributed by atoms with Crippen molar-refractivity contribution in [1.29, 1.82) is 0 Å². The molecule has 2 saturated carbocycles. The van der Waals surface area contributed by atoms with E-state index in [-0.39, 0.29) is 18.1 Å². The molecule has 7 nitrogen and oxygen atoms in total. The molecular formula is C13H17N5O2. The van der Waals surface area contributed by atoms with Crippen LogP contribution in [0.2, 0.25) is 0 Å². The molecule has 4 rings (SSSR count). The highest BCUT2D eigenvalue weighted by Crippen LogP contribution is 2.67. The maximum atomic E-state index is 10.2. The number of imidazole rings is 1. The lowest BCUT2D eigenvalue weighted by atomic mass is 10.0. The fourth-order valence-electron chi connectivity index (χ4n) is 3.75. The summed E-state index contributed by atoms with van der Waals surface area (Å²) in [5, 5.41) is 22.7. The first-order valence-corrected chi connectivity index (χ1v) is 6.85. The molecule has 0 aliphatic heterocycles. The summed E-state index contributed by atoms with van der Waals surface area (Å²) in [5.41, 5.74) is 1.23.